The second kappa shape index (κ2) is 7.36. The van der Waals surface area contributed by atoms with Crippen molar-refractivity contribution in [2.75, 3.05) is 6.61 Å². The average Bonchev–Trinajstić information content (AvgIpc) is 2.54. The van der Waals surface area contributed by atoms with E-state index in [2.05, 4.69) is 15.9 Å². The van der Waals surface area contributed by atoms with Crippen molar-refractivity contribution < 1.29 is 19.2 Å². The number of nitrogens with zero attached hydrogens (tertiary/aromatic N) is 2. The fraction of sp³-hybridized carbons (Fsp3) is 0.250. The highest BCUT2D eigenvalue weighted by Gasteiger charge is 2.37. The Bertz CT molecular complexity index is 854. The smallest absolute Gasteiger partial charge is 0.338 e. The van der Waals surface area contributed by atoms with Crippen molar-refractivity contribution in [2.45, 2.75) is 19.8 Å². The Hall–Kier alpha value is -2.86. The van der Waals surface area contributed by atoms with E-state index in [4.69, 9.17) is 15.2 Å². The molecule has 0 saturated carbocycles. The molecule has 0 bridgehead atoms. The molecule has 2 N–H and O–H groups in total. The molecule has 0 spiro atoms. The van der Waals surface area contributed by atoms with E-state index in [1.54, 1.807) is 13.0 Å². The number of hydrogen-bond acceptors (Lipinski definition) is 7. The van der Waals surface area contributed by atoms with Gasteiger partial charge in [0, 0.05) is 6.07 Å². The zero-order valence-corrected chi connectivity index (χ0v) is 15.0. The molecule has 1 unspecified atom stereocenters. The van der Waals surface area contributed by atoms with Crippen LogP contribution in [0.1, 0.15) is 25.3 Å². The van der Waals surface area contributed by atoms with E-state index >= 15 is 0 Å². The van der Waals surface area contributed by atoms with E-state index in [1.165, 1.54) is 19.1 Å². The first-order chi connectivity index (χ1) is 11.8. The lowest BCUT2D eigenvalue weighted by Gasteiger charge is -2.26. The molecule has 1 aliphatic rings. The van der Waals surface area contributed by atoms with Gasteiger partial charge in [-0.2, -0.15) is 5.26 Å². The van der Waals surface area contributed by atoms with E-state index in [-0.39, 0.29) is 39.6 Å². The van der Waals surface area contributed by atoms with Crippen molar-refractivity contribution in [1.82, 2.24) is 0 Å². The summed E-state index contributed by atoms with van der Waals surface area (Å²) in [5.41, 5.74) is 6.02. The topological polar surface area (TPSA) is 128 Å². The Morgan fingerprint density at radius 2 is 2.24 bits per heavy atom. The van der Waals surface area contributed by atoms with Crippen molar-refractivity contribution in [1.29, 1.82) is 5.26 Å². The molecule has 1 heterocycles. The van der Waals surface area contributed by atoms with Gasteiger partial charge >= 0.3 is 5.97 Å². The molecule has 0 aromatic heterocycles. The number of nitro benzene ring substituents is 1. The summed E-state index contributed by atoms with van der Waals surface area (Å²) in [5, 5.41) is 20.7. The van der Waals surface area contributed by atoms with Crippen LogP contribution in [0, 0.1) is 21.4 Å². The van der Waals surface area contributed by atoms with Crippen LogP contribution in [0.4, 0.5) is 5.69 Å². The number of ether oxygens (including phenoxy) is 2. The molecule has 0 saturated heterocycles. The van der Waals surface area contributed by atoms with Gasteiger partial charge in [0.25, 0.3) is 5.69 Å². The van der Waals surface area contributed by atoms with Crippen molar-refractivity contribution in [3.05, 3.63) is 61.1 Å². The Morgan fingerprint density at radius 1 is 1.56 bits per heavy atom. The molecule has 1 aromatic rings. The summed E-state index contributed by atoms with van der Waals surface area (Å²) in [5.74, 6) is -1.55. The highest BCUT2D eigenvalue weighted by atomic mass is 79.9. The zero-order chi connectivity index (χ0) is 18.7. The zero-order valence-electron chi connectivity index (χ0n) is 13.4. The first-order valence-corrected chi connectivity index (χ1v) is 8.00. The monoisotopic (exact) mass is 407 g/mol. The molecule has 8 nitrogen and oxygen atoms in total. The number of benzene rings is 1. The fourth-order valence-electron chi connectivity index (χ4n) is 2.54. The van der Waals surface area contributed by atoms with Gasteiger partial charge in [0.2, 0.25) is 5.88 Å². The van der Waals surface area contributed by atoms with Gasteiger partial charge in [-0.3, -0.25) is 10.1 Å². The van der Waals surface area contributed by atoms with Gasteiger partial charge < -0.3 is 15.2 Å². The maximum absolute atomic E-state index is 12.4. The van der Waals surface area contributed by atoms with E-state index in [0.29, 0.717) is 5.56 Å². The number of carbonyl (C=O) groups excluding carboxylic acids is 1. The first-order valence-electron chi connectivity index (χ1n) is 7.21. The minimum atomic E-state index is -0.912. The molecular weight excluding hydrogens is 394 g/mol. The van der Waals surface area contributed by atoms with Crippen LogP contribution in [0.15, 0.2) is 45.5 Å². The average molecular weight is 408 g/mol. The van der Waals surface area contributed by atoms with Crippen LogP contribution in [0.5, 0.6) is 0 Å². The standard InChI is InChI=1S/C16H14BrN3O5/c1-3-24-16(21)13-8(2)25-15(19)10(7-18)14(13)9-4-5-11(17)12(6-9)20(22)23/h4-6,14H,3,19H2,1-2H3. The summed E-state index contributed by atoms with van der Waals surface area (Å²) in [4.78, 5) is 23.0. The third-order valence-corrected chi connectivity index (χ3v) is 4.27. The molecule has 1 aliphatic heterocycles. The normalized spacial score (nSPS) is 17.0. The maximum atomic E-state index is 12.4. The second-order valence-electron chi connectivity index (χ2n) is 5.08. The third kappa shape index (κ3) is 3.49. The minimum absolute atomic E-state index is 0.00901. The van der Waals surface area contributed by atoms with Crippen LogP contribution in [0.3, 0.4) is 0 Å². The SMILES string of the molecule is CCOC(=O)C1=C(C)OC(N)=C(C#N)C1c1ccc(Br)c([N+](=O)[O-])c1. The number of nitro groups is 1. The van der Waals surface area contributed by atoms with Crippen LogP contribution >= 0.6 is 15.9 Å². The number of halogens is 1. The maximum Gasteiger partial charge on any atom is 0.338 e. The fourth-order valence-corrected chi connectivity index (χ4v) is 2.93. The Morgan fingerprint density at radius 3 is 2.80 bits per heavy atom. The summed E-state index contributed by atoms with van der Waals surface area (Å²) in [6.07, 6.45) is 0. The second-order valence-corrected chi connectivity index (χ2v) is 5.94. The first kappa shape index (κ1) is 18.5. The van der Waals surface area contributed by atoms with Crippen LogP contribution in [-0.4, -0.2) is 17.5 Å². The Kier molecular flexibility index (Phi) is 5.44. The Labute approximate surface area is 151 Å². The van der Waals surface area contributed by atoms with Crippen LogP contribution in [0.2, 0.25) is 0 Å². The molecule has 0 aliphatic carbocycles. The number of esters is 1. The molecule has 130 valence electrons. The highest BCUT2D eigenvalue weighted by molar-refractivity contribution is 9.10. The predicted molar refractivity (Wildman–Crippen MR) is 90.8 cm³/mol. The number of hydrogen-bond donors (Lipinski definition) is 1. The summed E-state index contributed by atoms with van der Waals surface area (Å²) >= 11 is 3.11. The molecule has 0 amide bonds. The van der Waals surface area contributed by atoms with Gasteiger partial charge in [0.15, 0.2) is 0 Å². The lowest BCUT2D eigenvalue weighted by molar-refractivity contribution is -0.385. The van der Waals surface area contributed by atoms with Gasteiger partial charge in [0.05, 0.1) is 27.5 Å². The number of allylic oxidation sites excluding steroid dienone is 2. The van der Waals surface area contributed by atoms with Gasteiger partial charge in [-0.05, 0) is 41.4 Å². The summed E-state index contributed by atoms with van der Waals surface area (Å²) in [7, 11) is 0. The van der Waals surface area contributed by atoms with E-state index < -0.39 is 16.8 Å². The van der Waals surface area contributed by atoms with Crippen LogP contribution < -0.4 is 5.73 Å². The largest absolute Gasteiger partial charge is 0.463 e. The predicted octanol–water partition coefficient (Wildman–Crippen LogP) is 3.00. The van der Waals surface area contributed by atoms with E-state index in [0.717, 1.165) is 0 Å². The van der Waals surface area contributed by atoms with Crippen molar-refractivity contribution in [3.63, 3.8) is 0 Å². The number of carbonyl (C=O) groups is 1. The molecule has 0 fully saturated rings. The van der Waals surface area contributed by atoms with Gasteiger partial charge in [0.1, 0.15) is 17.4 Å². The third-order valence-electron chi connectivity index (χ3n) is 3.60. The quantitative estimate of drug-likeness (QED) is 0.461. The van der Waals surface area contributed by atoms with Crippen molar-refractivity contribution >= 4 is 27.6 Å². The molecule has 2 rings (SSSR count). The van der Waals surface area contributed by atoms with Crippen molar-refractivity contribution in [3.8, 4) is 6.07 Å². The molecular formula is C16H14BrN3O5. The summed E-state index contributed by atoms with van der Waals surface area (Å²) in [6.45, 7) is 3.30. The molecule has 1 atom stereocenters. The molecule has 0 radical (unpaired) electrons. The summed E-state index contributed by atoms with van der Waals surface area (Å²) < 4.78 is 10.6. The summed E-state index contributed by atoms with van der Waals surface area (Å²) in [6, 6.07) is 6.26. The molecule has 25 heavy (non-hydrogen) atoms. The molecule has 1 aromatic carbocycles. The number of nitriles is 1. The van der Waals surface area contributed by atoms with Crippen LogP contribution in [-0.2, 0) is 14.3 Å². The highest BCUT2D eigenvalue weighted by Crippen LogP contribution is 2.41. The van der Waals surface area contributed by atoms with Crippen molar-refractivity contribution in [2.24, 2.45) is 5.73 Å². The minimum Gasteiger partial charge on any atom is -0.463 e. The lowest BCUT2D eigenvalue weighted by Crippen LogP contribution is -2.25. The number of nitrogens with two attached hydrogens (primary N) is 1. The van der Waals surface area contributed by atoms with Gasteiger partial charge in [-0.25, -0.2) is 4.79 Å². The molecule has 9 heteroatoms. The van der Waals surface area contributed by atoms with Gasteiger partial charge in [-0.15, -0.1) is 0 Å². The van der Waals surface area contributed by atoms with E-state index in [9.17, 15) is 20.2 Å². The van der Waals surface area contributed by atoms with E-state index in [1.807, 2.05) is 6.07 Å². The lowest BCUT2D eigenvalue weighted by atomic mass is 9.83. The Balaban J connectivity index is 2.69. The van der Waals surface area contributed by atoms with Gasteiger partial charge in [-0.1, -0.05) is 6.07 Å². The number of rotatable bonds is 4. The van der Waals surface area contributed by atoms with Crippen LogP contribution in [0.25, 0.3) is 0 Å².